The van der Waals surface area contributed by atoms with Crippen molar-refractivity contribution in [3.05, 3.63) is 23.4 Å². The molecule has 0 radical (unpaired) electrons. The summed E-state index contributed by atoms with van der Waals surface area (Å²) in [5.74, 6) is 2.64. The second-order valence-electron chi connectivity index (χ2n) is 5.07. The van der Waals surface area contributed by atoms with Gasteiger partial charge in [0.25, 0.3) is 0 Å². The predicted octanol–water partition coefficient (Wildman–Crippen LogP) is 2.12. The van der Waals surface area contributed by atoms with Crippen LogP contribution in [0.3, 0.4) is 0 Å². The van der Waals surface area contributed by atoms with Crippen LogP contribution in [0, 0.1) is 18.8 Å². The molecule has 0 saturated heterocycles. The lowest BCUT2D eigenvalue weighted by Crippen LogP contribution is -2.22. The molecule has 92 valence electrons. The molecule has 2 atom stereocenters. The topological polar surface area (TPSA) is 42.1 Å². The zero-order valence-electron chi connectivity index (χ0n) is 10.6. The molecule has 17 heavy (non-hydrogen) atoms. The lowest BCUT2D eigenvalue weighted by atomic mass is 10.2. The minimum absolute atomic E-state index is 0.435. The van der Waals surface area contributed by atoms with Crippen molar-refractivity contribution < 1.29 is 0 Å². The van der Waals surface area contributed by atoms with Gasteiger partial charge in [-0.15, -0.1) is 0 Å². The third kappa shape index (κ3) is 2.94. The van der Waals surface area contributed by atoms with Crippen LogP contribution in [0.5, 0.6) is 0 Å². The van der Waals surface area contributed by atoms with Crippen LogP contribution in [-0.4, -0.2) is 23.6 Å². The summed E-state index contributed by atoms with van der Waals surface area (Å²) in [4.78, 5) is 7.17. The fourth-order valence-corrected chi connectivity index (χ4v) is 2.21. The maximum Gasteiger partial charge on any atom is 0.129 e. The number of anilines is 1. The molecular weight excluding hydrogens is 230 g/mol. The van der Waals surface area contributed by atoms with Crippen molar-refractivity contribution in [2.75, 3.05) is 18.5 Å². The molecule has 1 fully saturated rings. The molecule has 1 saturated carbocycles. The van der Waals surface area contributed by atoms with Gasteiger partial charge in [-0.3, -0.25) is 0 Å². The van der Waals surface area contributed by atoms with Crippen LogP contribution in [0.25, 0.3) is 0 Å². The Morgan fingerprint density at radius 1 is 1.59 bits per heavy atom. The van der Waals surface area contributed by atoms with Crippen molar-refractivity contribution >= 4 is 23.0 Å². The van der Waals surface area contributed by atoms with Crippen molar-refractivity contribution in [1.29, 1.82) is 0 Å². The van der Waals surface area contributed by atoms with E-state index in [0.717, 1.165) is 35.5 Å². The summed E-state index contributed by atoms with van der Waals surface area (Å²) in [6, 6.07) is 3.90. The molecular formula is C13H19N3S. The van der Waals surface area contributed by atoms with E-state index < -0.39 is 0 Å². The first-order valence-electron chi connectivity index (χ1n) is 5.97. The molecule has 3 nitrogen and oxygen atoms in total. The van der Waals surface area contributed by atoms with Gasteiger partial charge in [0.2, 0.25) is 0 Å². The Labute approximate surface area is 108 Å². The molecule has 1 aromatic heterocycles. The van der Waals surface area contributed by atoms with E-state index in [1.807, 2.05) is 19.1 Å². The van der Waals surface area contributed by atoms with Gasteiger partial charge < -0.3 is 10.6 Å². The first kappa shape index (κ1) is 12.3. The van der Waals surface area contributed by atoms with Crippen molar-refractivity contribution in [1.82, 2.24) is 4.98 Å². The largest absolute Gasteiger partial charge is 0.389 e. The molecule has 2 unspecified atom stereocenters. The lowest BCUT2D eigenvalue weighted by molar-refractivity contribution is 0.718. The summed E-state index contributed by atoms with van der Waals surface area (Å²) in [7, 11) is 2.08. The van der Waals surface area contributed by atoms with E-state index in [-0.39, 0.29) is 0 Å². The Balaban J connectivity index is 2.16. The van der Waals surface area contributed by atoms with Crippen molar-refractivity contribution in [3.8, 4) is 0 Å². The molecule has 2 rings (SSSR count). The van der Waals surface area contributed by atoms with E-state index in [4.69, 9.17) is 18.0 Å². The molecule has 0 amide bonds. The van der Waals surface area contributed by atoms with Crippen LogP contribution in [0.2, 0.25) is 0 Å². The number of rotatable bonds is 4. The summed E-state index contributed by atoms with van der Waals surface area (Å²) < 4.78 is 0. The molecule has 1 aliphatic rings. The van der Waals surface area contributed by atoms with Gasteiger partial charge in [0.1, 0.15) is 10.8 Å². The van der Waals surface area contributed by atoms with Gasteiger partial charge >= 0.3 is 0 Å². The van der Waals surface area contributed by atoms with Crippen LogP contribution in [0.1, 0.15) is 24.6 Å². The maximum atomic E-state index is 5.67. The van der Waals surface area contributed by atoms with E-state index in [1.165, 1.54) is 6.42 Å². The molecule has 0 aromatic carbocycles. The molecule has 0 aliphatic heterocycles. The third-order valence-electron chi connectivity index (χ3n) is 3.40. The smallest absolute Gasteiger partial charge is 0.129 e. The lowest BCUT2D eigenvalue weighted by Gasteiger charge is -2.19. The Bertz CT molecular complexity index is 444. The summed E-state index contributed by atoms with van der Waals surface area (Å²) >= 11 is 5.02. The fourth-order valence-electron chi connectivity index (χ4n) is 2.09. The standard InChI is InChI=1S/C13H19N3S/c1-8-4-11(8)7-16(3)12-6-10(13(14)17)5-9(2)15-12/h5-6,8,11H,4,7H2,1-3H3,(H2,14,17). The number of hydrogen-bond donors (Lipinski definition) is 1. The molecule has 1 aromatic rings. The second-order valence-corrected chi connectivity index (χ2v) is 5.51. The maximum absolute atomic E-state index is 5.67. The average Bonchev–Trinajstić information content (AvgIpc) is 2.93. The monoisotopic (exact) mass is 249 g/mol. The Morgan fingerprint density at radius 3 is 2.76 bits per heavy atom. The number of thiocarbonyl (C=S) groups is 1. The van der Waals surface area contributed by atoms with Gasteiger partial charge in [-0.25, -0.2) is 4.98 Å². The fraction of sp³-hybridized carbons (Fsp3) is 0.538. The molecule has 1 heterocycles. The van der Waals surface area contributed by atoms with E-state index in [1.54, 1.807) is 0 Å². The van der Waals surface area contributed by atoms with E-state index >= 15 is 0 Å². The van der Waals surface area contributed by atoms with Gasteiger partial charge in [0.15, 0.2) is 0 Å². The van der Waals surface area contributed by atoms with Gasteiger partial charge in [0, 0.05) is 24.8 Å². The zero-order valence-corrected chi connectivity index (χ0v) is 11.4. The Hall–Kier alpha value is -1.16. The third-order valence-corrected chi connectivity index (χ3v) is 3.64. The van der Waals surface area contributed by atoms with E-state index in [0.29, 0.717) is 4.99 Å². The minimum Gasteiger partial charge on any atom is -0.389 e. The molecule has 1 aliphatic carbocycles. The van der Waals surface area contributed by atoms with Crippen LogP contribution >= 0.6 is 12.2 Å². The number of nitrogens with zero attached hydrogens (tertiary/aromatic N) is 2. The van der Waals surface area contributed by atoms with Gasteiger partial charge in [-0.1, -0.05) is 19.1 Å². The quantitative estimate of drug-likeness (QED) is 0.830. The van der Waals surface area contributed by atoms with Crippen LogP contribution in [0.4, 0.5) is 5.82 Å². The minimum atomic E-state index is 0.435. The summed E-state index contributed by atoms with van der Waals surface area (Å²) in [6.45, 7) is 5.33. The first-order valence-corrected chi connectivity index (χ1v) is 6.38. The first-order chi connectivity index (χ1) is 7.97. The molecule has 0 spiro atoms. The highest BCUT2D eigenvalue weighted by molar-refractivity contribution is 7.80. The Kier molecular flexibility index (Phi) is 3.33. The van der Waals surface area contributed by atoms with Gasteiger partial charge in [-0.2, -0.15) is 0 Å². The summed E-state index contributed by atoms with van der Waals surface area (Å²) in [6.07, 6.45) is 1.33. The number of nitrogens with two attached hydrogens (primary N) is 1. The van der Waals surface area contributed by atoms with Crippen molar-refractivity contribution in [3.63, 3.8) is 0 Å². The highest BCUT2D eigenvalue weighted by Gasteiger charge is 2.33. The van der Waals surface area contributed by atoms with Gasteiger partial charge in [0.05, 0.1) is 0 Å². The SMILES string of the molecule is Cc1cc(C(N)=S)cc(N(C)CC2CC2C)n1. The molecule has 2 N–H and O–H groups in total. The highest BCUT2D eigenvalue weighted by Crippen LogP contribution is 2.38. The predicted molar refractivity (Wildman–Crippen MR) is 75.4 cm³/mol. The number of hydrogen-bond acceptors (Lipinski definition) is 3. The number of pyridine rings is 1. The van der Waals surface area contributed by atoms with E-state index in [2.05, 4.69) is 23.9 Å². The second kappa shape index (κ2) is 4.61. The Morgan fingerprint density at radius 2 is 2.24 bits per heavy atom. The van der Waals surface area contributed by atoms with Crippen LogP contribution in [0.15, 0.2) is 12.1 Å². The number of aryl methyl sites for hydroxylation is 1. The zero-order chi connectivity index (χ0) is 12.6. The average molecular weight is 249 g/mol. The normalized spacial score (nSPS) is 22.3. The summed E-state index contributed by atoms with van der Waals surface area (Å²) in [5, 5.41) is 0. The molecule has 0 bridgehead atoms. The van der Waals surface area contributed by atoms with Gasteiger partial charge in [-0.05, 0) is 37.3 Å². The van der Waals surface area contributed by atoms with Crippen LogP contribution < -0.4 is 10.6 Å². The van der Waals surface area contributed by atoms with Crippen molar-refractivity contribution in [2.24, 2.45) is 17.6 Å². The van der Waals surface area contributed by atoms with E-state index in [9.17, 15) is 0 Å². The highest BCUT2D eigenvalue weighted by atomic mass is 32.1. The van der Waals surface area contributed by atoms with Crippen molar-refractivity contribution in [2.45, 2.75) is 20.3 Å². The van der Waals surface area contributed by atoms with Crippen LogP contribution in [-0.2, 0) is 0 Å². The summed E-state index contributed by atoms with van der Waals surface area (Å²) in [5.41, 5.74) is 7.53. The number of aromatic nitrogens is 1. The molecule has 4 heteroatoms.